The van der Waals surface area contributed by atoms with Crippen LogP contribution in [0, 0.1) is 5.82 Å². The molecule has 1 fully saturated rings. The Kier molecular flexibility index (Phi) is 4.35. The van der Waals surface area contributed by atoms with Gasteiger partial charge in [0.2, 0.25) is 11.8 Å². The van der Waals surface area contributed by atoms with Gasteiger partial charge in [-0.15, -0.1) is 0 Å². The lowest BCUT2D eigenvalue weighted by atomic mass is 9.88. The summed E-state index contributed by atoms with van der Waals surface area (Å²) in [5.74, 6) is -1.34. The number of nitrogens with zero attached hydrogens (tertiary/aromatic N) is 1. The van der Waals surface area contributed by atoms with Crippen LogP contribution < -0.4 is 5.32 Å². The predicted octanol–water partition coefficient (Wildman–Crippen LogP) is 2.28. The zero-order valence-corrected chi connectivity index (χ0v) is 13.3. The molecule has 6 heteroatoms. The highest BCUT2D eigenvalue weighted by Gasteiger charge is 2.38. The van der Waals surface area contributed by atoms with E-state index in [-0.39, 0.29) is 30.3 Å². The molecule has 0 spiro atoms. The molecule has 2 aliphatic heterocycles. The summed E-state index contributed by atoms with van der Waals surface area (Å²) in [6.45, 7) is 5.10. The molecule has 1 saturated heterocycles. The van der Waals surface area contributed by atoms with Crippen molar-refractivity contribution in [3.8, 4) is 0 Å². The molecule has 2 amide bonds. The zero-order valence-electron chi connectivity index (χ0n) is 13.3. The summed E-state index contributed by atoms with van der Waals surface area (Å²) in [7, 11) is 0. The molecule has 1 aromatic rings. The van der Waals surface area contributed by atoms with Crippen LogP contribution in [0.2, 0.25) is 0 Å². The monoisotopic (exact) mass is 320 g/mol. The van der Waals surface area contributed by atoms with Crippen LogP contribution >= 0.6 is 0 Å². The van der Waals surface area contributed by atoms with E-state index in [2.05, 4.69) is 5.32 Å². The highest BCUT2D eigenvalue weighted by atomic mass is 19.1. The fraction of sp³-hybridized carbons (Fsp3) is 0.529. The summed E-state index contributed by atoms with van der Waals surface area (Å²) < 4.78 is 18.8. The van der Waals surface area contributed by atoms with Crippen LogP contribution in [0.25, 0.3) is 0 Å². The van der Waals surface area contributed by atoms with Crippen LogP contribution in [0.15, 0.2) is 18.2 Å². The van der Waals surface area contributed by atoms with Crippen molar-refractivity contribution in [2.24, 2.45) is 0 Å². The van der Waals surface area contributed by atoms with Crippen LogP contribution in [0.1, 0.15) is 38.2 Å². The largest absolute Gasteiger partial charge is 0.379 e. The molecule has 5 nitrogen and oxygen atoms in total. The number of rotatable bonds is 3. The second kappa shape index (κ2) is 6.28. The predicted molar refractivity (Wildman–Crippen MR) is 83.6 cm³/mol. The molecule has 2 aliphatic rings. The minimum atomic E-state index is -0.567. The Morgan fingerprint density at radius 2 is 2.22 bits per heavy atom. The summed E-state index contributed by atoms with van der Waals surface area (Å²) in [5.41, 5.74) is 1.08. The first-order chi connectivity index (χ1) is 11.0. The van der Waals surface area contributed by atoms with Gasteiger partial charge < -0.3 is 15.0 Å². The Balaban J connectivity index is 1.93. The molecule has 0 radical (unpaired) electrons. The van der Waals surface area contributed by atoms with E-state index in [1.807, 2.05) is 18.7 Å². The third-order valence-corrected chi connectivity index (χ3v) is 4.46. The quantitative estimate of drug-likeness (QED) is 0.929. The van der Waals surface area contributed by atoms with E-state index in [0.29, 0.717) is 24.5 Å². The maximum Gasteiger partial charge on any atom is 0.231 e. The minimum Gasteiger partial charge on any atom is -0.379 e. The number of carbonyl (C=O) groups is 2. The van der Waals surface area contributed by atoms with Gasteiger partial charge in [-0.1, -0.05) is 6.07 Å². The molecule has 0 saturated carbocycles. The molecular formula is C17H21FN2O3. The van der Waals surface area contributed by atoms with E-state index >= 15 is 0 Å². The number of hydrogen-bond donors (Lipinski definition) is 1. The molecule has 0 aromatic heterocycles. The van der Waals surface area contributed by atoms with E-state index in [1.54, 1.807) is 6.07 Å². The number of fused-ring (bicyclic) bond motifs is 1. The van der Waals surface area contributed by atoms with E-state index in [1.165, 1.54) is 12.1 Å². The smallest absolute Gasteiger partial charge is 0.231 e. The molecule has 1 N–H and O–H groups in total. The molecule has 0 aliphatic carbocycles. The number of nitrogens with one attached hydrogen (secondary N) is 1. The Hall–Kier alpha value is -1.95. The third-order valence-electron chi connectivity index (χ3n) is 4.46. The first-order valence-electron chi connectivity index (χ1n) is 7.96. The Labute approximate surface area is 134 Å². The maximum absolute atomic E-state index is 13.4. The van der Waals surface area contributed by atoms with Gasteiger partial charge in [-0.05, 0) is 38.0 Å². The summed E-state index contributed by atoms with van der Waals surface area (Å²) in [4.78, 5) is 26.9. The lowest BCUT2D eigenvalue weighted by molar-refractivity contribution is -0.139. The van der Waals surface area contributed by atoms with Crippen molar-refractivity contribution >= 4 is 17.5 Å². The van der Waals surface area contributed by atoms with Gasteiger partial charge in [0.05, 0.1) is 18.6 Å². The number of ether oxygens (including phenoxy) is 1. The van der Waals surface area contributed by atoms with Gasteiger partial charge in [0, 0.05) is 24.8 Å². The van der Waals surface area contributed by atoms with Crippen molar-refractivity contribution in [3.05, 3.63) is 29.6 Å². The summed E-state index contributed by atoms with van der Waals surface area (Å²) >= 11 is 0. The molecule has 0 bridgehead atoms. The van der Waals surface area contributed by atoms with Crippen molar-refractivity contribution in [3.63, 3.8) is 0 Å². The lowest BCUT2D eigenvalue weighted by Gasteiger charge is -2.36. The number of carbonyl (C=O) groups excluding carboxylic acids is 2. The number of halogens is 1. The lowest BCUT2D eigenvalue weighted by Crippen LogP contribution is -2.48. The molecule has 1 aromatic carbocycles. The first kappa shape index (κ1) is 15.9. The summed E-state index contributed by atoms with van der Waals surface area (Å²) in [6.07, 6.45) is 0.896. The van der Waals surface area contributed by atoms with Gasteiger partial charge in [0.1, 0.15) is 5.82 Å². The molecule has 124 valence electrons. The van der Waals surface area contributed by atoms with Crippen LogP contribution in [0.4, 0.5) is 10.1 Å². The Morgan fingerprint density at radius 3 is 2.87 bits per heavy atom. The normalized spacial score (nSPS) is 23.6. The molecular weight excluding hydrogens is 299 g/mol. The molecule has 2 atom stereocenters. The fourth-order valence-electron chi connectivity index (χ4n) is 3.44. The van der Waals surface area contributed by atoms with Crippen molar-refractivity contribution in [1.29, 1.82) is 0 Å². The van der Waals surface area contributed by atoms with Gasteiger partial charge >= 0.3 is 0 Å². The average molecular weight is 320 g/mol. The van der Waals surface area contributed by atoms with Crippen molar-refractivity contribution in [2.75, 3.05) is 18.5 Å². The van der Waals surface area contributed by atoms with Gasteiger partial charge in [-0.25, -0.2) is 4.39 Å². The van der Waals surface area contributed by atoms with Crippen molar-refractivity contribution in [2.45, 2.75) is 44.7 Å². The molecule has 2 heterocycles. The molecule has 3 rings (SSSR count). The van der Waals surface area contributed by atoms with E-state index < -0.39 is 11.7 Å². The van der Waals surface area contributed by atoms with Gasteiger partial charge in [0.15, 0.2) is 0 Å². The average Bonchev–Trinajstić information content (AvgIpc) is 2.99. The van der Waals surface area contributed by atoms with Gasteiger partial charge in [-0.2, -0.15) is 0 Å². The second-order valence-electron chi connectivity index (χ2n) is 6.39. The van der Waals surface area contributed by atoms with Gasteiger partial charge in [0.25, 0.3) is 0 Å². The van der Waals surface area contributed by atoms with E-state index in [9.17, 15) is 14.0 Å². The van der Waals surface area contributed by atoms with Crippen molar-refractivity contribution in [1.82, 2.24) is 4.90 Å². The molecule has 0 unspecified atom stereocenters. The Morgan fingerprint density at radius 1 is 1.43 bits per heavy atom. The zero-order chi connectivity index (χ0) is 16.6. The Bertz CT molecular complexity index is 626. The number of amides is 2. The summed E-state index contributed by atoms with van der Waals surface area (Å²) in [6, 6.07) is 4.25. The third kappa shape index (κ3) is 3.08. The van der Waals surface area contributed by atoms with E-state index in [4.69, 9.17) is 4.74 Å². The van der Waals surface area contributed by atoms with Crippen LogP contribution in [-0.4, -0.2) is 42.0 Å². The SMILES string of the molecule is CC(C)N(C(=O)[C@H]1CC(=O)Nc2cc(F)ccc21)[C@H]1CCOC1. The number of benzene rings is 1. The first-order valence-corrected chi connectivity index (χ1v) is 7.96. The molecule has 23 heavy (non-hydrogen) atoms. The number of hydrogen-bond acceptors (Lipinski definition) is 3. The highest BCUT2D eigenvalue weighted by Crippen LogP contribution is 2.35. The topological polar surface area (TPSA) is 58.6 Å². The van der Waals surface area contributed by atoms with Gasteiger partial charge in [-0.3, -0.25) is 9.59 Å². The van der Waals surface area contributed by atoms with Crippen LogP contribution in [-0.2, 0) is 14.3 Å². The maximum atomic E-state index is 13.4. The minimum absolute atomic E-state index is 0.0167. The standard InChI is InChI=1S/C17H21FN2O3/c1-10(2)20(12-5-6-23-9-12)17(22)14-8-16(21)19-15-7-11(18)3-4-13(14)15/h3-4,7,10,12,14H,5-6,8-9H2,1-2H3,(H,19,21)/t12-,14-/m0/s1. The van der Waals surface area contributed by atoms with Crippen molar-refractivity contribution < 1.29 is 18.7 Å². The highest BCUT2D eigenvalue weighted by molar-refractivity contribution is 6.01. The van der Waals surface area contributed by atoms with Crippen LogP contribution in [0.3, 0.4) is 0 Å². The van der Waals surface area contributed by atoms with E-state index in [0.717, 1.165) is 6.42 Å². The number of anilines is 1. The fourth-order valence-corrected chi connectivity index (χ4v) is 3.44. The summed E-state index contributed by atoms with van der Waals surface area (Å²) in [5, 5.41) is 2.65. The van der Waals surface area contributed by atoms with Crippen LogP contribution in [0.5, 0.6) is 0 Å². The second-order valence-corrected chi connectivity index (χ2v) is 6.39.